The second-order valence-electron chi connectivity index (χ2n) is 5.17. The maximum atomic E-state index is 9.45. The number of pyridine rings is 1. The molecule has 0 saturated carbocycles. The Labute approximate surface area is 138 Å². The molecule has 0 saturated heterocycles. The number of anilines is 1. The van der Waals surface area contributed by atoms with Gasteiger partial charge in [-0.05, 0) is 32.0 Å². The summed E-state index contributed by atoms with van der Waals surface area (Å²) in [6.45, 7) is 6.70. The highest BCUT2D eigenvalue weighted by atomic mass is 32.3. The van der Waals surface area contributed by atoms with Crippen molar-refractivity contribution < 1.29 is 21.7 Å². The molecule has 0 atom stereocenters. The summed E-state index contributed by atoms with van der Waals surface area (Å²) in [5.41, 5.74) is 3.87. The highest BCUT2D eigenvalue weighted by Crippen LogP contribution is 2.18. The molecule has 0 fully saturated rings. The lowest BCUT2D eigenvalue weighted by atomic mass is 10.1. The van der Waals surface area contributed by atoms with Crippen LogP contribution in [0.4, 0.5) is 5.69 Å². The number of fused-ring (bicyclic) bond motifs is 1. The van der Waals surface area contributed by atoms with Crippen LogP contribution in [0.1, 0.15) is 19.5 Å². The lowest BCUT2D eigenvalue weighted by molar-refractivity contribution is -0.673. The summed E-state index contributed by atoms with van der Waals surface area (Å²) < 4.78 is 34.3. The normalized spacial score (nSPS) is 11.0. The number of benzene rings is 1. The van der Waals surface area contributed by atoms with E-state index in [1.807, 2.05) is 0 Å². The van der Waals surface area contributed by atoms with Gasteiger partial charge >= 0.3 is 0 Å². The van der Waals surface area contributed by atoms with E-state index in [0.717, 1.165) is 6.54 Å². The Morgan fingerprint density at radius 1 is 1.17 bits per heavy atom. The standard InChI is InChI=1S/C14H19N2.C2H6O4S/c1-5-16-11(2)6-7-12-10-13(15(3)4)8-9-14(12)16;1-2-6-7(3,4)5/h6-10H,5H2,1-4H3;2H2,1H3,(H,3,4,5)/q+1;/p-1. The molecule has 7 heteroatoms. The summed E-state index contributed by atoms with van der Waals surface area (Å²) in [6.07, 6.45) is 0. The molecule has 0 aliphatic carbocycles. The molecule has 1 aromatic heterocycles. The quantitative estimate of drug-likeness (QED) is 0.483. The Hall–Kier alpha value is -1.70. The van der Waals surface area contributed by atoms with Gasteiger partial charge in [0.25, 0.3) is 0 Å². The molecule has 0 aliphatic heterocycles. The molecule has 0 amide bonds. The number of aryl methyl sites for hydroxylation is 2. The minimum absolute atomic E-state index is 0.0914. The van der Waals surface area contributed by atoms with Gasteiger partial charge < -0.3 is 9.45 Å². The van der Waals surface area contributed by atoms with E-state index in [1.54, 1.807) is 0 Å². The first-order valence-corrected chi connectivity index (χ1v) is 8.73. The van der Waals surface area contributed by atoms with Gasteiger partial charge in [0, 0.05) is 44.2 Å². The molecule has 128 valence electrons. The minimum atomic E-state index is -4.42. The Kier molecular flexibility index (Phi) is 6.93. The third kappa shape index (κ3) is 5.78. The van der Waals surface area contributed by atoms with E-state index in [9.17, 15) is 13.0 Å². The topological polar surface area (TPSA) is 73.5 Å². The largest absolute Gasteiger partial charge is 0.726 e. The first-order chi connectivity index (χ1) is 10.7. The Morgan fingerprint density at radius 2 is 1.83 bits per heavy atom. The summed E-state index contributed by atoms with van der Waals surface area (Å²) in [6, 6.07) is 11.0. The molecule has 0 radical (unpaired) electrons. The molecule has 1 heterocycles. The van der Waals surface area contributed by atoms with Crippen LogP contribution >= 0.6 is 0 Å². The van der Waals surface area contributed by atoms with E-state index in [1.165, 1.54) is 29.2 Å². The molecule has 1 aromatic carbocycles. The fourth-order valence-corrected chi connectivity index (χ4v) is 2.54. The van der Waals surface area contributed by atoms with Crippen LogP contribution < -0.4 is 9.47 Å². The zero-order chi connectivity index (χ0) is 17.6. The van der Waals surface area contributed by atoms with Gasteiger partial charge in [0.2, 0.25) is 15.9 Å². The van der Waals surface area contributed by atoms with Crippen molar-refractivity contribution in [3.8, 4) is 0 Å². The van der Waals surface area contributed by atoms with E-state index in [0.29, 0.717) is 0 Å². The fraction of sp³-hybridized carbons (Fsp3) is 0.438. The van der Waals surface area contributed by atoms with Crippen LogP contribution in [0.5, 0.6) is 0 Å². The van der Waals surface area contributed by atoms with Crippen LogP contribution in [-0.2, 0) is 21.1 Å². The van der Waals surface area contributed by atoms with Crippen molar-refractivity contribution in [3.63, 3.8) is 0 Å². The SMILES string of the molecule is CCOS(=O)(=O)[O-].CC[n+]1c(C)ccc2cc(N(C)C)ccc21. The van der Waals surface area contributed by atoms with Gasteiger partial charge in [0.15, 0.2) is 5.69 Å². The maximum Gasteiger partial charge on any atom is 0.217 e. The lowest BCUT2D eigenvalue weighted by Crippen LogP contribution is -2.36. The van der Waals surface area contributed by atoms with Gasteiger partial charge in [-0.25, -0.2) is 8.42 Å². The number of hydrogen-bond donors (Lipinski definition) is 0. The second kappa shape index (κ2) is 8.24. The van der Waals surface area contributed by atoms with Crippen molar-refractivity contribution in [1.29, 1.82) is 0 Å². The molecule has 2 rings (SSSR count). The van der Waals surface area contributed by atoms with Crippen LogP contribution in [-0.4, -0.2) is 33.7 Å². The summed E-state index contributed by atoms with van der Waals surface area (Å²) in [5, 5.41) is 1.30. The molecule has 2 aromatic rings. The first kappa shape index (κ1) is 19.3. The smallest absolute Gasteiger partial charge is 0.217 e. The van der Waals surface area contributed by atoms with E-state index in [4.69, 9.17) is 0 Å². The van der Waals surface area contributed by atoms with Gasteiger partial charge in [0.1, 0.15) is 6.54 Å². The van der Waals surface area contributed by atoms with Crippen molar-refractivity contribution >= 4 is 27.0 Å². The van der Waals surface area contributed by atoms with Crippen molar-refractivity contribution in [2.24, 2.45) is 0 Å². The van der Waals surface area contributed by atoms with Gasteiger partial charge in [-0.2, -0.15) is 4.57 Å². The van der Waals surface area contributed by atoms with Crippen molar-refractivity contribution in [3.05, 3.63) is 36.0 Å². The third-order valence-corrected chi connectivity index (χ3v) is 3.85. The van der Waals surface area contributed by atoms with E-state index >= 15 is 0 Å². The van der Waals surface area contributed by atoms with E-state index in [-0.39, 0.29) is 6.61 Å². The Morgan fingerprint density at radius 3 is 2.26 bits per heavy atom. The second-order valence-corrected chi connectivity index (χ2v) is 6.22. The molecule has 0 unspecified atom stereocenters. The predicted molar refractivity (Wildman–Crippen MR) is 90.2 cm³/mol. The number of nitrogens with zero attached hydrogens (tertiary/aromatic N) is 2. The highest BCUT2D eigenvalue weighted by molar-refractivity contribution is 7.80. The van der Waals surface area contributed by atoms with Gasteiger partial charge in [-0.15, -0.1) is 0 Å². The van der Waals surface area contributed by atoms with Crippen LogP contribution in [0.25, 0.3) is 10.9 Å². The lowest BCUT2D eigenvalue weighted by Gasteiger charge is -2.12. The molecule has 6 nitrogen and oxygen atoms in total. The average Bonchev–Trinajstić information content (AvgIpc) is 2.46. The van der Waals surface area contributed by atoms with Gasteiger partial charge in [-0.1, -0.05) is 0 Å². The molecular weight excluding hydrogens is 316 g/mol. The van der Waals surface area contributed by atoms with Crippen molar-refractivity contribution in [1.82, 2.24) is 0 Å². The molecule has 0 spiro atoms. The molecule has 0 aliphatic rings. The molecule has 0 bridgehead atoms. The number of aromatic nitrogens is 1. The molecule has 0 N–H and O–H groups in total. The number of rotatable bonds is 4. The summed E-state index contributed by atoms with van der Waals surface area (Å²) >= 11 is 0. The monoisotopic (exact) mass is 340 g/mol. The molecular formula is C16H24N2O4S. The maximum absolute atomic E-state index is 9.45. The summed E-state index contributed by atoms with van der Waals surface area (Å²) in [5.74, 6) is 0. The minimum Gasteiger partial charge on any atom is -0.726 e. The zero-order valence-electron chi connectivity index (χ0n) is 14.2. The van der Waals surface area contributed by atoms with Gasteiger partial charge in [0.05, 0.1) is 6.61 Å². The van der Waals surface area contributed by atoms with Crippen LogP contribution in [0, 0.1) is 6.92 Å². The third-order valence-electron chi connectivity index (χ3n) is 3.33. The summed E-state index contributed by atoms with van der Waals surface area (Å²) in [7, 11) is -0.279. The van der Waals surface area contributed by atoms with Crippen LogP contribution in [0.3, 0.4) is 0 Å². The zero-order valence-corrected chi connectivity index (χ0v) is 15.1. The number of hydrogen-bond acceptors (Lipinski definition) is 5. The predicted octanol–water partition coefficient (Wildman–Crippen LogP) is 2.00. The van der Waals surface area contributed by atoms with Crippen molar-refractivity contribution in [2.45, 2.75) is 27.3 Å². The highest BCUT2D eigenvalue weighted by Gasteiger charge is 2.10. The van der Waals surface area contributed by atoms with Gasteiger partial charge in [-0.3, -0.25) is 4.18 Å². The summed E-state index contributed by atoms with van der Waals surface area (Å²) in [4.78, 5) is 2.13. The van der Waals surface area contributed by atoms with E-state index < -0.39 is 10.4 Å². The van der Waals surface area contributed by atoms with Crippen LogP contribution in [0.2, 0.25) is 0 Å². The Balaban J connectivity index is 0.000000322. The molecule has 23 heavy (non-hydrogen) atoms. The average molecular weight is 340 g/mol. The first-order valence-electron chi connectivity index (χ1n) is 7.40. The van der Waals surface area contributed by atoms with Crippen LogP contribution in [0.15, 0.2) is 30.3 Å². The fourth-order valence-electron chi connectivity index (χ4n) is 2.25. The van der Waals surface area contributed by atoms with E-state index in [2.05, 4.69) is 71.9 Å². The Bertz CT molecular complexity index is 758. The van der Waals surface area contributed by atoms with Crippen molar-refractivity contribution in [2.75, 3.05) is 25.6 Å².